The molecule has 15 heavy (non-hydrogen) atoms. The van der Waals surface area contributed by atoms with Crippen LogP contribution in [0.2, 0.25) is 0 Å². The quantitative estimate of drug-likeness (QED) is 0.668. The van der Waals surface area contributed by atoms with Gasteiger partial charge in [0, 0.05) is 18.1 Å². The number of nitrogens with zero attached hydrogens (tertiary/aromatic N) is 1. The van der Waals surface area contributed by atoms with Gasteiger partial charge in [0.15, 0.2) is 0 Å². The lowest BCUT2D eigenvalue weighted by Gasteiger charge is -2.38. The van der Waals surface area contributed by atoms with Gasteiger partial charge in [-0.05, 0) is 52.4 Å². The van der Waals surface area contributed by atoms with E-state index in [1.54, 1.807) is 0 Å². The minimum Gasteiger partial charge on any atom is -0.295 e. The lowest BCUT2D eigenvalue weighted by molar-refractivity contribution is 0.0985. The summed E-state index contributed by atoms with van der Waals surface area (Å²) in [5.41, 5.74) is 0. The average Bonchev–Trinajstić information content (AvgIpc) is 2.61. The first-order valence-electron chi connectivity index (χ1n) is 6.97. The third kappa shape index (κ3) is 2.38. The summed E-state index contributed by atoms with van der Waals surface area (Å²) < 4.78 is 0. The zero-order valence-electron chi connectivity index (χ0n) is 10.7. The molecule has 0 N–H and O–H groups in total. The number of rotatable bonds is 2. The van der Waals surface area contributed by atoms with E-state index < -0.39 is 0 Å². The number of likely N-dealkylation sites (tertiary alicyclic amines) is 1. The molecule has 2 aliphatic rings. The Morgan fingerprint density at radius 3 is 2.20 bits per heavy atom. The lowest BCUT2D eigenvalue weighted by atomic mass is 9.82. The van der Waals surface area contributed by atoms with Crippen LogP contribution < -0.4 is 0 Å². The van der Waals surface area contributed by atoms with Crippen molar-refractivity contribution in [2.45, 2.75) is 83.8 Å². The Morgan fingerprint density at radius 1 is 0.933 bits per heavy atom. The topological polar surface area (TPSA) is 3.24 Å². The van der Waals surface area contributed by atoms with E-state index >= 15 is 0 Å². The zero-order chi connectivity index (χ0) is 10.8. The molecule has 1 aliphatic heterocycles. The summed E-state index contributed by atoms with van der Waals surface area (Å²) in [6.07, 6.45) is 10.4. The monoisotopic (exact) mass is 209 g/mol. The van der Waals surface area contributed by atoms with Gasteiger partial charge in [0.05, 0.1) is 0 Å². The van der Waals surface area contributed by atoms with Crippen molar-refractivity contribution >= 4 is 0 Å². The minimum atomic E-state index is 0.745. The first kappa shape index (κ1) is 11.4. The molecule has 0 aromatic heterocycles. The molecule has 1 nitrogen and oxygen atoms in total. The average molecular weight is 209 g/mol. The maximum atomic E-state index is 2.80. The maximum absolute atomic E-state index is 2.80. The highest BCUT2D eigenvalue weighted by molar-refractivity contribution is 4.92. The van der Waals surface area contributed by atoms with E-state index in [2.05, 4.69) is 25.7 Å². The van der Waals surface area contributed by atoms with Crippen molar-refractivity contribution in [1.82, 2.24) is 4.90 Å². The second-order valence-electron chi connectivity index (χ2n) is 5.93. The van der Waals surface area contributed by atoms with E-state index in [-0.39, 0.29) is 0 Å². The number of hydrogen-bond donors (Lipinski definition) is 0. The molecule has 0 spiro atoms. The van der Waals surface area contributed by atoms with Gasteiger partial charge in [0.1, 0.15) is 0 Å². The Morgan fingerprint density at radius 2 is 1.60 bits per heavy atom. The third-order valence-electron chi connectivity index (χ3n) is 4.56. The number of hydrogen-bond acceptors (Lipinski definition) is 1. The van der Waals surface area contributed by atoms with Gasteiger partial charge >= 0.3 is 0 Å². The fourth-order valence-electron chi connectivity index (χ4n) is 3.93. The standard InChI is InChI=1S/C14H27N/c1-11(2)15-12(3)9-10-14(15)13-7-5-4-6-8-13/h11-14H,4-10H2,1-3H3. The molecule has 0 amide bonds. The van der Waals surface area contributed by atoms with Crippen molar-refractivity contribution in [1.29, 1.82) is 0 Å². The van der Waals surface area contributed by atoms with Gasteiger partial charge in [0.25, 0.3) is 0 Å². The van der Waals surface area contributed by atoms with Crippen LogP contribution in [0.5, 0.6) is 0 Å². The van der Waals surface area contributed by atoms with Crippen LogP contribution in [0.4, 0.5) is 0 Å². The molecule has 1 saturated heterocycles. The van der Waals surface area contributed by atoms with E-state index in [4.69, 9.17) is 0 Å². The van der Waals surface area contributed by atoms with Crippen LogP contribution in [0.3, 0.4) is 0 Å². The van der Waals surface area contributed by atoms with Gasteiger partial charge in [-0.15, -0.1) is 0 Å². The van der Waals surface area contributed by atoms with Crippen LogP contribution in [-0.2, 0) is 0 Å². The minimum absolute atomic E-state index is 0.745. The largest absolute Gasteiger partial charge is 0.295 e. The maximum Gasteiger partial charge on any atom is 0.0130 e. The molecule has 2 atom stereocenters. The highest BCUT2D eigenvalue weighted by atomic mass is 15.2. The fourth-order valence-corrected chi connectivity index (χ4v) is 3.93. The van der Waals surface area contributed by atoms with Crippen molar-refractivity contribution in [3.63, 3.8) is 0 Å². The molecule has 1 heteroatoms. The molecule has 0 radical (unpaired) electrons. The first-order valence-corrected chi connectivity index (χ1v) is 6.97. The van der Waals surface area contributed by atoms with Crippen LogP contribution in [0.25, 0.3) is 0 Å². The van der Waals surface area contributed by atoms with Gasteiger partial charge in [-0.1, -0.05) is 19.3 Å². The molecule has 0 aromatic rings. The van der Waals surface area contributed by atoms with Gasteiger partial charge in [0.2, 0.25) is 0 Å². The Labute approximate surface area is 95.2 Å². The smallest absolute Gasteiger partial charge is 0.0130 e. The molecule has 1 saturated carbocycles. The molecule has 2 fully saturated rings. The van der Waals surface area contributed by atoms with Crippen molar-refractivity contribution in [3.05, 3.63) is 0 Å². The molecule has 2 unspecified atom stereocenters. The normalized spacial score (nSPS) is 35.2. The van der Waals surface area contributed by atoms with Gasteiger partial charge < -0.3 is 0 Å². The van der Waals surface area contributed by atoms with E-state index in [1.165, 1.54) is 44.9 Å². The second kappa shape index (κ2) is 4.86. The van der Waals surface area contributed by atoms with Crippen molar-refractivity contribution in [2.24, 2.45) is 5.92 Å². The Balaban J connectivity index is 2.00. The SMILES string of the molecule is CC(C)N1C(C)CCC1C1CCCCC1. The Hall–Kier alpha value is -0.0400. The third-order valence-corrected chi connectivity index (χ3v) is 4.56. The van der Waals surface area contributed by atoms with E-state index in [0.29, 0.717) is 0 Å². The predicted molar refractivity (Wildman–Crippen MR) is 66.0 cm³/mol. The Kier molecular flexibility index (Phi) is 3.71. The van der Waals surface area contributed by atoms with Crippen molar-refractivity contribution in [3.8, 4) is 0 Å². The lowest BCUT2D eigenvalue weighted by Crippen LogP contribution is -2.44. The predicted octanol–water partition coefficient (Wildman–Crippen LogP) is 3.83. The summed E-state index contributed by atoms with van der Waals surface area (Å²) in [5.74, 6) is 1.02. The fraction of sp³-hybridized carbons (Fsp3) is 1.00. The summed E-state index contributed by atoms with van der Waals surface area (Å²) in [5, 5.41) is 0. The molecule has 88 valence electrons. The molecule has 1 aliphatic carbocycles. The highest BCUT2D eigenvalue weighted by Gasteiger charge is 2.37. The van der Waals surface area contributed by atoms with Gasteiger partial charge in [-0.25, -0.2) is 0 Å². The Bertz CT molecular complexity index is 194. The molecule has 2 rings (SSSR count). The highest BCUT2D eigenvalue weighted by Crippen LogP contribution is 2.37. The van der Waals surface area contributed by atoms with E-state index in [9.17, 15) is 0 Å². The molecule has 0 bridgehead atoms. The summed E-state index contributed by atoms with van der Waals surface area (Å²) in [6.45, 7) is 7.16. The summed E-state index contributed by atoms with van der Waals surface area (Å²) in [4.78, 5) is 2.80. The first-order chi connectivity index (χ1) is 7.20. The van der Waals surface area contributed by atoms with Gasteiger partial charge in [-0.2, -0.15) is 0 Å². The van der Waals surface area contributed by atoms with E-state index in [0.717, 1.165) is 24.0 Å². The molecular weight excluding hydrogens is 182 g/mol. The van der Waals surface area contributed by atoms with Crippen LogP contribution in [0.15, 0.2) is 0 Å². The summed E-state index contributed by atoms with van der Waals surface area (Å²) in [6, 6.07) is 2.49. The molecule has 1 heterocycles. The summed E-state index contributed by atoms with van der Waals surface area (Å²) >= 11 is 0. The van der Waals surface area contributed by atoms with Crippen LogP contribution >= 0.6 is 0 Å². The van der Waals surface area contributed by atoms with Crippen molar-refractivity contribution in [2.75, 3.05) is 0 Å². The van der Waals surface area contributed by atoms with Crippen LogP contribution in [0, 0.1) is 5.92 Å². The second-order valence-corrected chi connectivity index (χ2v) is 5.93. The van der Waals surface area contributed by atoms with Crippen molar-refractivity contribution < 1.29 is 0 Å². The van der Waals surface area contributed by atoms with Gasteiger partial charge in [-0.3, -0.25) is 4.90 Å². The summed E-state index contributed by atoms with van der Waals surface area (Å²) in [7, 11) is 0. The van der Waals surface area contributed by atoms with E-state index in [1.807, 2.05) is 0 Å². The van der Waals surface area contributed by atoms with Crippen LogP contribution in [0.1, 0.15) is 65.7 Å². The zero-order valence-corrected chi connectivity index (χ0v) is 10.7. The molecular formula is C14H27N. The van der Waals surface area contributed by atoms with Crippen LogP contribution in [-0.4, -0.2) is 23.0 Å². The molecule has 0 aromatic carbocycles.